The number of anilines is 3. The van der Waals surface area contributed by atoms with Gasteiger partial charge in [0.05, 0.1) is 16.6 Å². The first-order valence-electron chi connectivity index (χ1n) is 11.1. The third-order valence-electron chi connectivity index (χ3n) is 6.11. The predicted octanol–water partition coefficient (Wildman–Crippen LogP) is 5.83. The molecule has 8 nitrogen and oxygen atoms in total. The topological polar surface area (TPSA) is 122 Å². The van der Waals surface area contributed by atoms with Gasteiger partial charge in [-0.2, -0.15) is 5.10 Å². The van der Waals surface area contributed by atoms with Crippen molar-refractivity contribution >= 4 is 55.8 Å². The highest BCUT2D eigenvalue weighted by Crippen LogP contribution is 2.48. The highest BCUT2D eigenvalue weighted by atomic mass is 79.9. The van der Waals surface area contributed by atoms with Crippen LogP contribution >= 0.6 is 15.9 Å². The Morgan fingerprint density at radius 1 is 1.03 bits per heavy atom. The monoisotopic (exact) mass is 573 g/mol. The average Bonchev–Trinajstić information content (AvgIpc) is 3.58. The lowest BCUT2D eigenvalue weighted by atomic mass is 10.0. The number of H-pyrrole nitrogens is 1. The van der Waals surface area contributed by atoms with Gasteiger partial charge in [0.25, 0.3) is 0 Å². The van der Waals surface area contributed by atoms with Crippen LogP contribution in [0.1, 0.15) is 12.8 Å². The smallest absolute Gasteiger partial charge is 0.406 e. The minimum absolute atomic E-state index is 0.0582. The summed E-state index contributed by atoms with van der Waals surface area (Å²) < 4.78 is 41.9. The maximum Gasteiger partial charge on any atom is 0.573 e. The average molecular weight is 574 g/mol. The fraction of sp³-hybridized carbons (Fsp3) is 0.160. The molecule has 0 spiro atoms. The molecule has 1 saturated carbocycles. The SMILES string of the molecule is Nc1n[nH]c2cccc(-c3ccc(NC(=O)C4(C(=O)Nc5cc(OC(F)(F)F)ccc5Br)CC4)cc3)c12. The third kappa shape index (κ3) is 4.96. The van der Waals surface area contributed by atoms with Crippen LogP contribution in [0.15, 0.2) is 65.1 Å². The molecule has 190 valence electrons. The Kier molecular flexibility index (Phi) is 6.06. The van der Waals surface area contributed by atoms with Gasteiger partial charge < -0.3 is 21.1 Å². The fourth-order valence-corrected chi connectivity index (χ4v) is 4.39. The molecule has 0 aliphatic heterocycles. The van der Waals surface area contributed by atoms with E-state index in [0.29, 0.717) is 28.8 Å². The van der Waals surface area contributed by atoms with Crippen LogP contribution in [0, 0.1) is 5.41 Å². The maximum absolute atomic E-state index is 13.0. The summed E-state index contributed by atoms with van der Waals surface area (Å²) >= 11 is 3.19. The predicted molar refractivity (Wildman–Crippen MR) is 136 cm³/mol. The number of amides is 2. The first kappa shape index (κ1) is 24.6. The molecule has 0 radical (unpaired) electrons. The Morgan fingerprint density at radius 3 is 2.41 bits per heavy atom. The second-order valence-electron chi connectivity index (χ2n) is 8.59. The van der Waals surface area contributed by atoms with E-state index in [-0.39, 0.29) is 5.69 Å². The number of carbonyl (C=O) groups excluding carboxylic acids is 2. The number of rotatable bonds is 6. The lowest BCUT2D eigenvalue weighted by Gasteiger charge is -2.17. The van der Waals surface area contributed by atoms with Gasteiger partial charge in [-0.3, -0.25) is 14.7 Å². The summed E-state index contributed by atoms with van der Waals surface area (Å²) in [4.78, 5) is 26.0. The normalized spacial score (nSPS) is 14.3. The van der Waals surface area contributed by atoms with Gasteiger partial charge in [-0.05, 0) is 70.2 Å². The van der Waals surface area contributed by atoms with Crippen LogP contribution in [0.3, 0.4) is 0 Å². The summed E-state index contributed by atoms with van der Waals surface area (Å²) in [5.41, 5.74) is 7.76. The maximum atomic E-state index is 13.0. The zero-order valence-corrected chi connectivity index (χ0v) is 20.5. The summed E-state index contributed by atoms with van der Waals surface area (Å²) in [6, 6.07) is 16.2. The number of ether oxygens (including phenoxy) is 1. The highest BCUT2D eigenvalue weighted by Gasteiger charge is 2.56. The van der Waals surface area contributed by atoms with Crippen LogP contribution in [-0.2, 0) is 9.59 Å². The molecular weight excluding hydrogens is 555 g/mol. The largest absolute Gasteiger partial charge is 0.573 e. The number of nitrogen functional groups attached to an aromatic ring is 1. The van der Waals surface area contributed by atoms with E-state index in [1.807, 2.05) is 30.3 Å². The van der Waals surface area contributed by atoms with Crippen molar-refractivity contribution in [3.63, 3.8) is 0 Å². The number of hydrogen-bond acceptors (Lipinski definition) is 5. The number of alkyl halides is 3. The summed E-state index contributed by atoms with van der Waals surface area (Å²) in [6.07, 6.45) is -4.26. The van der Waals surface area contributed by atoms with E-state index in [2.05, 4.69) is 41.5 Å². The number of aromatic amines is 1. The van der Waals surface area contributed by atoms with Crippen molar-refractivity contribution < 1.29 is 27.5 Å². The summed E-state index contributed by atoms with van der Waals surface area (Å²) in [5.74, 6) is -1.23. The van der Waals surface area contributed by atoms with Gasteiger partial charge in [-0.25, -0.2) is 0 Å². The molecule has 1 aliphatic carbocycles. The number of benzene rings is 3. The van der Waals surface area contributed by atoms with E-state index in [1.54, 1.807) is 12.1 Å². The quantitative estimate of drug-likeness (QED) is 0.216. The number of aromatic nitrogens is 2. The van der Waals surface area contributed by atoms with Crippen molar-refractivity contribution in [3.8, 4) is 16.9 Å². The highest BCUT2D eigenvalue weighted by molar-refractivity contribution is 9.10. The Balaban J connectivity index is 1.29. The molecule has 0 unspecified atom stereocenters. The van der Waals surface area contributed by atoms with Crippen molar-refractivity contribution in [2.24, 2.45) is 5.41 Å². The zero-order valence-electron chi connectivity index (χ0n) is 18.9. The van der Waals surface area contributed by atoms with Gasteiger partial charge in [0, 0.05) is 16.2 Å². The first-order valence-corrected chi connectivity index (χ1v) is 11.9. The molecule has 1 aromatic heterocycles. The molecule has 0 saturated heterocycles. The summed E-state index contributed by atoms with van der Waals surface area (Å²) in [6.45, 7) is 0. The van der Waals surface area contributed by atoms with Crippen molar-refractivity contribution in [2.75, 3.05) is 16.4 Å². The van der Waals surface area contributed by atoms with Gasteiger partial charge in [-0.1, -0.05) is 24.3 Å². The summed E-state index contributed by atoms with van der Waals surface area (Å²) in [7, 11) is 0. The minimum Gasteiger partial charge on any atom is -0.406 e. The van der Waals surface area contributed by atoms with Crippen molar-refractivity contribution in [3.05, 3.63) is 65.1 Å². The third-order valence-corrected chi connectivity index (χ3v) is 6.80. The van der Waals surface area contributed by atoms with Gasteiger partial charge >= 0.3 is 6.36 Å². The Bertz CT molecular complexity index is 1510. The lowest BCUT2D eigenvalue weighted by Crippen LogP contribution is -2.35. The fourth-order valence-electron chi connectivity index (χ4n) is 4.04. The lowest BCUT2D eigenvalue weighted by molar-refractivity contribution is -0.274. The molecular formula is C25H19BrF3N5O3. The molecule has 1 heterocycles. The summed E-state index contributed by atoms with van der Waals surface area (Å²) in [5, 5.41) is 13.0. The van der Waals surface area contributed by atoms with Crippen LogP contribution in [-0.4, -0.2) is 28.4 Å². The molecule has 0 bridgehead atoms. The second kappa shape index (κ2) is 9.11. The van der Waals surface area contributed by atoms with Crippen molar-refractivity contribution in [2.45, 2.75) is 19.2 Å². The standard InChI is InChI=1S/C25H19BrF3N5O3/c26-17-9-8-15(37-25(27,28)29)12-19(17)32-23(36)24(10-11-24)22(35)31-14-6-4-13(5-7-14)16-2-1-3-18-20(16)21(30)34-33-18/h1-9,12H,10-11H2,(H,31,35)(H,32,36)(H3,30,33,34). The van der Waals surface area contributed by atoms with Crippen LogP contribution in [0.2, 0.25) is 0 Å². The van der Waals surface area contributed by atoms with E-state index in [9.17, 15) is 22.8 Å². The molecule has 12 heteroatoms. The number of nitrogens with two attached hydrogens (primary N) is 1. The van der Waals surface area contributed by atoms with E-state index in [1.165, 1.54) is 6.07 Å². The van der Waals surface area contributed by atoms with Crippen LogP contribution in [0.25, 0.3) is 22.0 Å². The van der Waals surface area contributed by atoms with E-state index in [4.69, 9.17) is 5.73 Å². The second-order valence-corrected chi connectivity index (χ2v) is 9.45. The van der Waals surface area contributed by atoms with Gasteiger partial charge in [0.1, 0.15) is 11.2 Å². The number of nitrogens with zero attached hydrogens (tertiary/aromatic N) is 1. The number of nitrogens with one attached hydrogen (secondary N) is 3. The molecule has 4 aromatic rings. The van der Waals surface area contributed by atoms with Crippen molar-refractivity contribution in [1.82, 2.24) is 10.2 Å². The van der Waals surface area contributed by atoms with Gasteiger partial charge in [-0.15, -0.1) is 13.2 Å². The zero-order chi connectivity index (χ0) is 26.4. The molecule has 3 aromatic carbocycles. The number of carbonyl (C=O) groups is 2. The molecule has 5 rings (SSSR count). The minimum atomic E-state index is -4.88. The number of halogens is 4. The Morgan fingerprint density at radius 2 is 1.73 bits per heavy atom. The number of hydrogen-bond donors (Lipinski definition) is 4. The van der Waals surface area contributed by atoms with E-state index >= 15 is 0 Å². The Labute approximate surface area is 216 Å². The first-order chi connectivity index (χ1) is 17.6. The Hall–Kier alpha value is -4.06. The molecule has 2 amide bonds. The van der Waals surface area contributed by atoms with Crippen molar-refractivity contribution in [1.29, 1.82) is 0 Å². The van der Waals surface area contributed by atoms with Crippen LogP contribution < -0.4 is 21.1 Å². The van der Waals surface area contributed by atoms with E-state index in [0.717, 1.165) is 34.2 Å². The molecule has 1 fully saturated rings. The van der Waals surface area contributed by atoms with E-state index < -0.39 is 29.3 Å². The molecule has 5 N–H and O–H groups in total. The van der Waals surface area contributed by atoms with Gasteiger partial charge in [0.15, 0.2) is 5.82 Å². The molecule has 0 atom stereocenters. The van der Waals surface area contributed by atoms with Crippen LogP contribution in [0.5, 0.6) is 5.75 Å². The number of fused-ring (bicyclic) bond motifs is 1. The van der Waals surface area contributed by atoms with Crippen LogP contribution in [0.4, 0.5) is 30.4 Å². The molecule has 1 aliphatic rings. The van der Waals surface area contributed by atoms with Gasteiger partial charge in [0.2, 0.25) is 11.8 Å². The molecule has 37 heavy (non-hydrogen) atoms.